The molecule has 0 fully saturated rings. The highest BCUT2D eigenvalue weighted by atomic mass is 19.1. The van der Waals surface area contributed by atoms with Crippen LogP contribution in [0.4, 0.5) is 15.8 Å². The Morgan fingerprint density at radius 3 is 2.71 bits per heavy atom. The standard InChI is InChI=1S/C16H17FN2O2/c1-11(20)19-14-6-7-16(21-2)15(9-14)18-10-12-4-3-5-13(17)8-12/h3-9,18H,10H2,1-2H3,(H,19,20). The van der Waals surface area contributed by atoms with Crippen molar-refractivity contribution in [2.45, 2.75) is 13.5 Å². The average Bonchev–Trinajstić information content (AvgIpc) is 2.45. The molecule has 21 heavy (non-hydrogen) atoms. The molecule has 0 aliphatic heterocycles. The normalized spacial score (nSPS) is 10.0. The first-order chi connectivity index (χ1) is 10.1. The zero-order valence-corrected chi connectivity index (χ0v) is 11.9. The summed E-state index contributed by atoms with van der Waals surface area (Å²) in [5.41, 5.74) is 2.22. The van der Waals surface area contributed by atoms with Gasteiger partial charge in [-0.15, -0.1) is 0 Å². The molecular weight excluding hydrogens is 271 g/mol. The van der Waals surface area contributed by atoms with Crippen LogP contribution in [0.5, 0.6) is 5.75 Å². The van der Waals surface area contributed by atoms with Gasteiger partial charge in [-0.2, -0.15) is 0 Å². The third-order valence-corrected chi connectivity index (χ3v) is 2.89. The lowest BCUT2D eigenvalue weighted by Crippen LogP contribution is -2.07. The number of carbonyl (C=O) groups excluding carboxylic acids is 1. The summed E-state index contributed by atoms with van der Waals surface area (Å²) >= 11 is 0. The molecule has 2 rings (SSSR count). The van der Waals surface area contributed by atoms with Crippen LogP contribution in [-0.2, 0) is 11.3 Å². The molecule has 2 aromatic carbocycles. The Hall–Kier alpha value is -2.56. The van der Waals surface area contributed by atoms with Gasteiger partial charge < -0.3 is 15.4 Å². The van der Waals surface area contributed by atoms with E-state index in [-0.39, 0.29) is 11.7 Å². The van der Waals surface area contributed by atoms with Crippen molar-refractivity contribution < 1.29 is 13.9 Å². The lowest BCUT2D eigenvalue weighted by molar-refractivity contribution is -0.114. The SMILES string of the molecule is COc1ccc(NC(C)=O)cc1NCc1cccc(F)c1. The van der Waals surface area contributed by atoms with Crippen molar-refractivity contribution in [1.82, 2.24) is 0 Å². The van der Waals surface area contributed by atoms with E-state index in [9.17, 15) is 9.18 Å². The van der Waals surface area contributed by atoms with Crippen molar-refractivity contribution in [3.63, 3.8) is 0 Å². The van der Waals surface area contributed by atoms with E-state index in [1.165, 1.54) is 19.1 Å². The number of amides is 1. The second-order valence-electron chi connectivity index (χ2n) is 4.58. The largest absolute Gasteiger partial charge is 0.495 e. The zero-order chi connectivity index (χ0) is 15.2. The number of ether oxygens (including phenoxy) is 1. The second-order valence-corrected chi connectivity index (χ2v) is 4.58. The maximum absolute atomic E-state index is 13.1. The minimum absolute atomic E-state index is 0.142. The number of rotatable bonds is 5. The van der Waals surface area contributed by atoms with Crippen LogP contribution in [-0.4, -0.2) is 13.0 Å². The minimum Gasteiger partial charge on any atom is -0.495 e. The van der Waals surface area contributed by atoms with Crippen LogP contribution < -0.4 is 15.4 Å². The Balaban J connectivity index is 2.15. The molecule has 0 heterocycles. The van der Waals surface area contributed by atoms with Gasteiger partial charge >= 0.3 is 0 Å². The Morgan fingerprint density at radius 1 is 1.24 bits per heavy atom. The maximum Gasteiger partial charge on any atom is 0.221 e. The molecule has 0 bridgehead atoms. The third-order valence-electron chi connectivity index (χ3n) is 2.89. The van der Waals surface area contributed by atoms with Gasteiger partial charge in [-0.3, -0.25) is 4.79 Å². The van der Waals surface area contributed by atoms with Gasteiger partial charge in [-0.25, -0.2) is 4.39 Å². The van der Waals surface area contributed by atoms with Crippen LogP contribution in [0.3, 0.4) is 0 Å². The summed E-state index contributed by atoms with van der Waals surface area (Å²) < 4.78 is 18.4. The van der Waals surface area contributed by atoms with Crippen LogP contribution in [0, 0.1) is 5.82 Å². The first-order valence-corrected chi connectivity index (χ1v) is 6.52. The lowest BCUT2D eigenvalue weighted by Gasteiger charge is -2.13. The van der Waals surface area contributed by atoms with Crippen molar-refractivity contribution in [3.05, 3.63) is 53.8 Å². The van der Waals surface area contributed by atoms with E-state index in [1.54, 1.807) is 31.4 Å². The molecule has 110 valence electrons. The summed E-state index contributed by atoms with van der Waals surface area (Å²) in [7, 11) is 1.57. The minimum atomic E-state index is -0.270. The number of carbonyl (C=O) groups is 1. The zero-order valence-electron chi connectivity index (χ0n) is 11.9. The average molecular weight is 288 g/mol. The van der Waals surface area contributed by atoms with E-state index in [2.05, 4.69) is 10.6 Å². The molecule has 0 saturated heterocycles. The lowest BCUT2D eigenvalue weighted by atomic mass is 10.2. The van der Waals surface area contributed by atoms with Gasteiger partial charge in [0.15, 0.2) is 0 Å². The van der Waals surface area contributed by atoms with Gasteiger partial charge in [-0.1, -0.05) is 12.1 Å². The van der Waals surface area contributed by atoms with E-state index in [1.807, 2.05) is 6.07 Å². The molecule has 2 N–H and O–H groups in total. The highest BCUT2D eigenvalue weighted by Crippen LogP contribution is 2.28. The first kappa shape index (κ1) is 14.8. The molecule has 0 saturated carbocycles. The summed E-state index contributed by atoms with van der Waals surface area (Å²) in [6.07, 6.45) is 0. The van der Waals surface area contributed by atoms with Crippen LogP contribution in [0.1, 0.15) is 12.5 Å². The molecule has 2 aromatic rings. The van der Waals surface area contributed by atoms with Crippen LogP contribution in [0.15, 0.2) is 42.5 Å². The summed E-state index contributed by atoms with van der Waals surface area (Å²) in [6.45, 7) is 1.90. The predicted octanol–water partition coefficient (Wildman–Crippen LogP) is 3.40. The molecule has 0 aliphatic rings. The molecule has 0 aliphatic carbocycles. The molecule has 0 spiro atoms. The summed E-state index contributed by atoms with van der Waals surface area (Å²) in [5, 5.41) is 5.89. The van der Waals surface area contributed by atoms with Gasteiger partial charge in [0, 0.05) is 19.2 Å². The van der Waals surface area contributed by atoms with Crippen molar-refractivity contribution in [2.75, 3.05) is 17.7 Å². The second kappa shape index (κ2) is 6.74. The smallest absolute Gasteiger partial charge is 0.221 e. The first-order valence-electron chi connectivity index (χ1n) is 6.52. The van der Waals surface area contributed by atoms with E-state index >= 15 is 0 Å². The fraction of sp³-hybridized carbons (Fsp3) is 0.188. The van der Waals surface area contributed by atoms with Gasteiger partial charge in [0.2, 0.25) is 5.91 Å². The van der Waals surface area contributed by atoms with E-state index in [0.717, 1.165) is 11.3 Å². The van der Waals surface area contributed by atoms with E-state index < -0.39 is 0 Å². The van der Waals surface area contributed by atoms with Crippen molar-refractivity contribution in [1.29, 1.82) is 0 Å². The van der Waals surface area contributed by atoms with Crippen molar-refractivity contribution in [2.24, 2.45) is 0 Å². The fourth-order valence-electron chi connectivity index (χ4n) is 1.97. The Labute approximate surface area is 122 Å². The van der Waals surface area contributed by atoms with Crippen LogP contribution in [0.2, 0.25) is 0 Å². The molecule has 1 amide bonds. The van der Waals surface area contributed by atoms with Gasteiger partial charge in [0.05, 0.1) is 12.8 Å². The van der Waals surface area contributed by atoms with Gasteiger partial charge in [-0.05, 0) is 35.9 Å². The molecule has 5 heteroatoms. The summed E-state index contributed by atoms with van der Waals surface area (Å²) in [4.78, 5) is 11.1. The number of hydrogen-bond acceptors (Lipinski definition) is 3. The molecule has 0 aromatic heterocycles. The number of hydrogen-bond donors (Lipinski definition) is 2. The van der Waals surface area contributed by atoms with Gasteiger partial charge in [0.25, 0.3) is 0 Å². The number of anilines is 2. The molecular formula is C16H17FN2O2. The van der Waals surface area contributed by atoms with E-state index in [4.69, 9.17) is 4.74 Å². The molecule has 0 atom stereocenters. The number of methoxy groups -OCH3 is 1. The Kier molecular flexibility index (Phi) is 4.77. The molecule has 0 radical (unpaired) electrons. The number of halogens is 1. The Bertz CT molecular complexity index is 644. The number of nitrogens with one attached hydrogen (secondary N) is 2. The maximum atomic E-state index is 13.1. The third kappa shape index (κ3) is 4.21. The van der Waals surface area contributed by atoms with Crippen LogP contribution >= 0.6 is 0 Å². The van der Waals surface area contributed by atoms with E-state index in [0.29, 0.717) is 18.0 Å². The molecule has 4 nitrogen and oxygen atoms in total. The quantitative estimate of drug-likeness (QED) is 0.886. The van der Waals surface area contributed by atoms with Crippen molar-refractivity contribution >= 4 is 17.3 Å². The monoisotopic (exact) mass is 288 g/mol. The van der Waals surface area contributed by atoms with Gasteiger partial charge in [0.1, 0.15) is 11.6 Å². The summed E-state index contributed by atoms with van der Waals surface area (Å²) in [6, 6.07) is 11.7. The Morgan fingerprint density at radius 2 is 2.05 bits per heavy atom. The topological polar surface area (TPSA) is 50.4 Å². The highest BCUT2D eigenvalue weighted by molar-refractivity contribution is 5.89. The van der Waals surface area contributed by atoms with Crippen LogP contribution in [0.25, 0.3) is 0 Å². The van der Waals surface area contributed by atoms with Crippen molar-refractivity contribution in [3.8, 4) is 5.75 Å². The summed E-state index contributed by atoms with van der Waals surface area (Å²) in [5.74, 6) is 0.241. The fourth-order valence-corrected chi connectivity index (χ4v) is 1.97. The predicted molar refractivity (Wildman–Crippen MR) is 81.0 cm³/mol. The molecule has 0 unspecified atom stereocenters. The highest BCUT2D eigenvalue weighted by Gasteiger charge is 2.05. The number of benzene rings is 2.